The number of rotatable bonds is 7. The van der Waals surface area contributed by atoms with Crippen LogP contribution in [0.4, 0.5) is 5.13 Å². The Morgan fingerprint density at radius 2 is 1.88 bits per heavy atom. The number of carbonyl (C=O) groups is 1. The molecule has 26 heavy (non-hydrogen) atoms. The van der Waals surface area contributed by atoms with Crippen molar-refractivity contribution in [2.45, 2.75) is 19.4 Å². The topological polar surface area (TPSA) is 73.3 Å². The van der Waals surface area contributed by atoms with Gasteiger partial charge < -0.3 is 9.47 Å². The van der Waals surface area contributed by atoms with E-state index in [1.807, 2.05) is 49.4 Å². The van der Waals surface area contributed by atoms with Gasteiger partial charge in [-0.15, -0.1) is 10.2 Å². The van der Waals surface area contributed by atoms with Crippen LogP contribution in [0.1, 0.15) is 13.3 Å². The Labute approximate surface area is 155 Å². The van der Waals surface area contributed by atoms with Gasteiger partial charge in [0.1, 0.15) is 16.5 Å². The third-order valence-electron chi connectivity index (χ3n) is 3.66. The zero-order chi connectivity index (χ0) is 18.4. The van der Waals surface area contributed by atoms with Gasteiger partial charge in [-0.3, -0.25) is 10.1 Å². The van der Waals surface area contributed by atoms with Crippen LogP contribution in [0.5, 0.6) is 11.5 Å². The minimum atomic E-state index is -0.633. The van der Waals surface area contributed by atoms with Gasteiger partial charge in [0.25, 0.3) is 5.91 Å². The van der Waals surface area contributed by atoms with E-state index >= 15 is 0 Å². The van der Waals surface area contributed by atoms with Crippen molar-refractivity contribution in [1.82, 2.24) is 10.2 Å². The summed E-state index contributed by atoms with van der Waals surface area (Å²) in [6.45, 7) is 1.89. The molecule has 0 aliphatic heterocycles. The van der Waals surface area contributed by atoms with Crippen LogP contribution in [0, 0.1) is 0 Å². The smallest absolute Gasteiger partial charge is 0.267 e. The van der Waals surface area contributed by atoms with E-state index in [9.17, 15) is 4.79 Å². The minimum Gasteiger partial charge on any atom is -0.497 e. The number of carbonyl (C=O) groups excluding carboxylic acids is 1. The fourth-order valence-corrected chi connectivity index (χ4v) is 3.07. The van der Waals surface area contributed by atoms with Gasteiger partial charge in [-0.25, -0.2) is 0 Å². The van der Waals surface area contributed by atoms with E-state index in [1.54, 1.807) is 19.2 Å². The molecular weight excluding hydrogens is 350 g/mol. The van der Waals surface area contributed by atoms with Crippen LogP contribution in [-0.4, -0.2) is 29.3 Å². The Hall–Kier alpha value is -2.93. The van der Waals surface area contributed by atoms with Crippen molar-refractivity contribution in [1.29, 1.82) is 0 Å². The second-order valence-electron chi connectivity index (χ2n) is 5.46. The van der Waals surface area contributed by atoms with Crippen LogP contribution in [0.15, 0.2) is 54.6 Å². The molecule has 1 heterocycles. The molecule has 6 nitrogen and oxygen atoms in total. The van der Waals surface area contributed by atoms with Crippen molar-refractivity contribution < 1.29 is 14.3 Å². The zero-order valence-corrected chi connectivity index (χ0v) is 15.3. The fourth-order valence-electron chi connectivity index (χ4n) is 2.32. The number of benzene rings is 2. The molecule has 0 bridgehead atoms. The molecule has 3 aromatic rings. The lowest BCUT2D eigenvalue weighted by atomic mass is 10.2. The van der Waals surface area contributed by atoms with E-state index < -0.39 is 6.10 Å². The molecule has 0 fully saturated rings. The normalized spacial score (nSPS) is 11.6. The minimum absolute atomic E-state index is 0.258. The maximum absolute atomic E-state index is 12.5. The first kappa shape index (κ1) is 17.9. The second-order valence-corrected chi connectivity index (χ2v) is 6.44. The number of nitrogens with zero attached hydrogens (tertiary/aromatic N) is 2. The molecule has 2 aromatic carbocycles. The van der Waals surface area contributed by atoms with Gasteiger partial charge in [0.05, 0.1) is 7.11 Å². The third-order valence-corrected chi connectivity index (χ3v) is 4.55. The molecule has 0 aliphatic carbocycles. The molecule has 0 saturated heterocycles. The lowest BCUT2D eigenvalue weighted by Crippen LogP contribution is -2.32. The zero-order valence-electron chi connectivity index (χ0n) is 14.5. The summed E-state index contributed by atoms with van der Waals surface area (Å²) >= 11 is 1.32. The van der Waals surface area contributed by atoms with Gasteiger partial charge in [-0.05, 0) is 18.6 Å². The Morgan fingerprint density at radius 1 is 1.12 bits per heavy atom. The molecule has 0 unspecified atom stereocenters. The van der Waals surface area contributed by atoms with E-state index in [-0.39, 0.29) is 5.91 Å². The summed E-state index contributed by atoms with van der Waals surface area (Å²) in [6, 6.07) is 16.9. The molecule has 0 aliphatic rings. The fraction of sp³-hybridized carbons (Fsp3) is 0.211. The van der Waals surface area contributed by atoms with E-state index in [4.69, 9.17) is 9.47 Å². The molecule has 3 rings (SSSR count). The van der Waals surface area contributed by atoms with Crippen LogP contribution >= 0.6 is 11.3 Å². The molecule has 134 valence electrons. The summed E-state index contributed by atoms with van der Waals surface area (Å²) in [5.74, 6) is 0.994. The predicted octanol–water partition coefficient (Wildman–Crippen LogP) is 4.01. The molecule has 1 amide bonds. The van der Waals surface area contributed by atoms with Gasteiger partial charge in [-0.2, -0.15) is 0 Å². The van der Waals surface area contributed by atoms with Crippen molar-refractivity contribution in [3.05, 3.63) is 54.6 Å². The van der Waals surface area contributed by atoms with Crippen LogP contribution in [0.2, 0.25) is 0 Å². The maximum Gasteiger partial charge on any atom is 0.267 e. The Kier molecular flexibility index (Phi) is 5.80. The summed E-state index contributed by atoms with van der Waals surface area (Å²) in [4.78, 5) is 12.5. The number of nitrogens with one attached hydrogen (secondary N) is 1. The van der Waals surface area contributed by atoms with Crippen molar-refractivity contribution >= 4 is 22.4 Å². The van der Waals surface area contributed by atoms with Crippen LogP contribution in [0.3, 0.4) is 0 Å². The number of ether oxygens (including phenoxy) is 2. The first-order valence-electron chi connectivity index (χ1n) is 8.20. The number of aromatic nitrogens is 2. The molecule has 0 spiro atoms. The first-order valence-corrected chi connectivity index (χ1v) is 9.01. The molecular formula is C19H19N3O3S. The molecule has 1 aromatic heterocycles. The van der Waals surface area contributed by atoms with E-state index in [2.05, 4.69) is 15.5 Å². The van der Waals surface area contributed by atoms with Gasteiger partial charge in [0, 0.05) is 11.6 Å². The lowest BCUT2D eigenvalue weighted by molar-refractivity contribution is -0.122. The predicted molar refractivity (Wildman–Crippen MR) is 102 cm³/mol. The monoisotopic (exact) mass is 369 g/mol. The summed E-state index contributed by atoms with van der Waals surface area (Å²) in [6.07, 6.45) is -0.112. The molecule has 1 N–H and O–H groups in total. The summed E-state index contributed by atoms with van der Waals surface area (Å²) in [7, 11) is 1.59. The summed E-state index contributed by atoms with van der Waals surface area (Å²) in [5.41, 5.74) is 0.963. The van der Waals surface area contributed by atoms with Gasteiger partial charge in [-0.1, -0.05) is 54.7 Å². The molecule has 0 radical (unpaired) electrons. The first-order chi connectivity index (χ1) is 12.7. The third kappa shape index (κ3) is 4.37. The molecule has 7 heteroatoms. The van der Waals surface area contributed by atoms with E-state index in [0.29, 0.717) is 23.1 Å². The average Bonchev–Trinajstić information content (AvgIpc) is 3.15. The van der Waals surface area contributed by atoms with Gasteiger partial charge in [0.2, 0.25) is 5.13 Å². The Morgan fingerprint density at radius 3 is 2.62 bits per heavy atom. The molecule has 1 atom stereocenters. The highest BCUT2D eigenvalue weighted by Gasteiger charge is 2.20. The van der Waals surface area contributed by atoms with E-state index in [1.165, 1.54) is 11.3 Å². The second kappa shape index (κ2) is 8.44. The summed E-state index contributed by atoms with van der Waals surface area (Å²) < 4.78 is 11.0. The molecule has 0 saturated carbocycles. The van der Waals surface area contributed by atoms with Gasteiger partial charge in [0.15, 0.2) is 6.10 Å². The number of amides is 1. The van der Waals surface area contributed by atoms with Crippen molar-refractivity contribution in [3.8, 4) is 22.1 Å². The van der Waals surface area contributed by atoms with Crippen LogP contribution in [0.25, 0.3) is 10.6 Å². The lowest BCUT2D eigenvalue weighted by Gasteiger charge is -2.16. The standard InChI is InChI=1S/C19H19N3O3S/c1-3-16(25-15-11-7-10-14(12-15)24-2)17(23)20-19-22-21-18(26-19)13-8-5-4-6-9-13/h4-12,16H,3H2,1-2H3,(H,20,22,23)/t16-/m1/s1. The number of methoxy groups -OCH3 is 1. The van der Waals surface area contributed by atoms with Gasteiger partial charge >= 0.3 is 0 Å². The highest BCUT2D eigenvalue weighted by molar-refractivity contribution is 7.18. The number of hydrogen-bond acceptors (Lipinski definition) is 6. The Balaban J connectivity index is 1.67. The highest BCUT2D eigenvalue weighted by atomic mass is 32.1. The quantitative estimate of drug-likeness (QED) is 0.681. The average molecular weight is 369 g/mol. The number of hydrogen-bond donors (Lipinski definition) is 1. The largest absolute Gasteiger partial charge is 0.497 e. The van der Waals surface area contributed by atoms with Crippen LogP contribution in [-0.2, 0) is 4.79 Å². The van der Waals surface area contributed by atoms with Crippen molar-refractivity contribution in [2.75, 3.05) is 12.4 Å². The maximum atomic E-state index is 12.5. The number of anilines is 1. The SMILES string of the molecule is CC[C@@H](Oc1cccc(OC)c1)C(=O)Nc1nnc(-c2ccccc2)s1. The van der Waals surface area contributed by atoms with Crippen molar-refractivity contribution in [2.24, 2.45) is 0 Å². The Bertz CT molecular complexity index is 867. The highest BCUT2D eigenvalue weighted by Crippen LogP contribution is 2.26. The summed E-state index contributed by atoms with van der Waals surface area (Å²) in [5, 5.41) is 12.2. The van der Waals surface area contributed by atoms with E-state index in [0.717, 1.165) is 10.6 Å². The van der Waals surface area contributed by atoms with Crippen molar-refractivity contribution in [3.63, 3.8) is 0 Å². The van der Waals surface area contributed by atoms with Crippen LogP contribution < -0.4 is 14.8 Å².